The lowest BCUT2D eigenvalue weighted by Crippen LogP contribution is -2.24. The van der Waals surface area contributed by atoms with E-state index in [0.717, 1.165) is 33.4 Å². The normalized spacial score (nSPS) is 11.2. The molecule has 10 heteroatoms. The van der Waals surface area contributed by atoms with Gasteiger partial charge in [0.05, 0.1) is 11.4 Å². The molecule has 0 aliphatic heterocycles. The molecule has 0 saturated heterocycles. The minimum atomic E-state index is -0.331. The highest BCUT2D eigenvalue weighted by atomic mass is 16.5. The van der Waals surface area contributed by atoms with Crippen LogP contribution in [0.5, 0.6) is 0 Å². The summed E-state index contributed by atoms with van der Waals surface area (Å²) in [5.74, 6) is 0.888. The van der Waals surface area contributed by atoms with Crippen molar-refractivity contribution in [1.82, 2.24) is 35.4 Å². The summed E-state index contributed by atoms with van der Waals surface area (Å²) in [5, 5.41) is 7.59. The van der Waals surface area contributed by atoms with Gasteiger partial charge in [0.1, 0.15) is 5.69 Å². The second kappa shape index (κ2) is 7.65. The van der Waals surface area contributed by atoms with E-state index in [1.54, 1.807) is 19.2 Å². The zero-order valence-electron chi connectivity index (χ0n) is 17.3. The fourth-order valence-electron chi connectivity index (χ4n) is 3.48. The first-order chi connectivity index (χ1) is 15.5. The Labute approximate surface area is 181 Å². The number of benzene rings is 1. The van der Waals surface area contributed by atoms with Crippen molar-refractivity contribution < 1.29 is 9.32 Å². The molecule has 4 heterocycles. The van der Waals surface area contributed by atoms with Gasteiger partial charge in [-0.1, -0.05) is 17.3 Å². The third kappa shape index (κ3) is 3.69. The number of aromatic amines is 3. The molecule has 1 amide bonds. The first-order valence-electron chi connectivity index (χ1n) is 9.92. The van der Waals surface area contributed by atoms with Crippen LogP contribution < -0.4 is 10.9 Å². The van der Waals surface area contributed by atoms with Crippen LogP contribution in [-0.4, -0.2) is 36.0 Å². The van der Waals surface area contributed by atoms with Gasteiger partial charge in [0.15, 0.2) is 11.6 Å². The van der Waals surface area contributed by atoms with Gasteiger partial charge in [-0.3, -0.25) is 9.59 Å². The molecule has 0 bridgehead atoms. The van der Waals surface area contributed by atoms with Crippen LogP contribution in [0.4, 0.5) is 0 Å². The molecule has 0 atom stereocenters. The number of nitrogens with zero attached hydrogens (tertiary/aromatic N) is 3. The van der Waals surface area contributed by atoms with Crippen LogP contribution >= 0.6 is 0 Å². The number of carbonyl (C=O) groups excluding carboxylic acids is 1. The number of hydrogen-bond acceptors (Lipinski definition) is 6. The molecule has 0 spiro atoms. The average Bonchev–Trinajstić information content (AvgIpc) is 3.50. The number of rotatable bonds is 5. The summed E-state index contributed by atoms with van der Waals surface area (Å²) in [6.07, 6.45) is 1.57. The standard InChI is InChI=1S/C22H19N7O3/c1-11-19(28-20(25-11)21(31)24-10-13-3-6-18(30)23-9-13)14-4-5-16-15(7-14)8-17(27-16)22-26-12(2)29-32-22/h3-9,27H,10H2,1-2H3,(H,23,30)(H,24,31)(H,25,28). The molecule has 32 heavy (non-hydrogen) atoms. The van der Waals surface area contributed by atoms with Crippen molar-refractivity contribution in [3.63, 3.8) is 0 Å². The topological polar surface area (TPSA) is 145 Å². The Balaban J connectivity index is 1.38. The maximum atomic E-state index is 12.6. The van der Waals surface area contributed by atoms with Gasteiger partial charge < -0.3 is 24.8 Å². The van der Waals surface area contributed by atoms with Gasteiger partial charge >= 0.3 is 0 Å². The third-order valence-electron chi connectivity index (χ3n) is 5.07. The highest BCUT2D eigenvalue weighted by Crippen LogP contribution is 2.28. The number of pyridine rings is 1. The highest BCUT2D eigenvalue weighted by Gasteiger charge is 2.16. The maximum Gasteiger partial charge on any atom is 0.287 e. The Hall–Kier alpha value is -4.47. The minimum absolute atomic E-state index is 0.190. The van der Waals surface area contributed by atoms with E-state index in [2.05, 4.69) is 35.4 Å². The van der Waals surface area contributed by atoms with Crippen LogP contribution in [-0.2, 0) is 6.54 Å². The van der Waals surface area contributed by atoms with Crippen LogP contribution in [0.2, 0.25) is 0 Å². The van der Waals surface area contributed by atoms with Gasteiger partial charge in [-0.2, -0.15) is 4.98 Å². The van der Waals surface area contributed by atoms with Crippen LogP contribution in [0.15, 0.2) is 51.9 Å². The Kier molecular flexibility index (Phi) is 4.66. The van der Waals surface area contributed by atoms with Crippen LogP contribution in [0, 0.1) is 13.8 Å². The van der Waals surface area contributed by atoms with Crippen molar-refractivity contribution in [1.29, 1.82) is 0 Å². The molecule has 0 radical (unpaired) electrons. The summed E-state index contributed by atoms with van der Waals surface area (Å²) in [6.45, 7) is 3.89. The number of H-pyrrole nitrogens is 3. The number of carbonyl (C=O) groups is 1. The smallest absolute Gasteiger partial charge is 0.287 e. The zero-order valence-corrected chi connectivity index (χ0v) is 17.3. The lowest BCUT2D eigenvalue weighted by atomic mass is 10.1. The molecule has 0 aliphatic carbocycles. The molecule has 4 N–H and O–H groups in total. The molecule has 0 aliphatic rings. The van der Waals surface area contributed by atoms with E-state index in [1.807, 2.05) is 31.2 Å². The third-order valence-corrected chi connectivity index (χ3v) is 5.07. The highest BCUT2D eigenvalue weighted by molar-refractivity contribution is 5.92. The molecule has 4 aromatic heterocycles. The summed E-state index contributed by atoms with van der Waals surface area (Å²) < 4.78 is 5.23. The number of aromatic nitrogens is 6. The Morgan fingerprint density at radius 1 is 1.09 bits per heavy atom. The molecule has 0 fully saturated rings. The number of imidazole rings is 1. The minimum Gasteiger partial charge on any atom is -0.351 e. The monoisotopic (exact) mass is 429 g/mol. The largest absolute Gasteiger partial charge is 0.351 e. The lowest BCUT2D eigenvalue weighted by molar-refractivity contribution is 0.0941. The quantitative estimate of drug-likeness (QED) is 0.338. The van der Waals surface area contributed by atoms with Crippen LogP contribution in [0.1, 0.15) is 27.7 Å². The molecule has 160 valence electrons. The average molecular weight is 429 g/mol. The van der Waals surface area contributed by atoms with Crippen LogP contribution in [0.25, 0.3) is 33.7 Å². The molecule has 1 aromatic carbocycles. The van der Waals surface area contributed by atoms with Gasteiger partial charge in [0.25, 0.3) is 11.8 Å². The predicted molar refractivity (Wildman–Crippen MR) is 117 cm³/mol. The van der Waals surface area contributed by atoms with Crippen LogP contribution in [0.3, 0.4) is 0 Å². The first kappa shape index (κ1) is 19.5. The van der Waals surface area contributed by atoms with Gasteiger partial charge in [0.2, 0.25) is 5.56 Å². The van der Waals surface area contributed by atoms with E-state index >= 15 is 0 Å². The second-order valence-electron chi connectivity index (χ2n) is 7.42. The maximum absolute atomic E-state index is 12.6. The molecule has 5 rings (SSSR count). The number of nitrogens with one attached hydrogen (secondary N) is 4. The molecular weight excluding hydrogens is 410 g/mol. The molecular formula is C22H19N7O3. The fraction of sp³-hybridized carbons (Fsp3) is 0.136. The van der Waals surface area contributed by atoms with Gasteiger partial charge in [-0.25, -0.2) is 4.98 Å². The van der Waals surface area contributed by atoms with Crippen molar-refractivity contribution in [3.8, 4) is 22.8 Å². The predicted octanol–water partition coefficient (Wildman–Crippen LogP) is 2.84. The van der Waals surface area contributed by atoms with E-state index in [0.29, 0.717) is 17.4 Å². The molecule has 10 nitrogen and oxygen atoms in total. The van der Waals surface area contributed by atoms with E-state index in [-0.39, 0.29) is 23.8 Å². The Bertz CT molecular complexity index is 1490. The Morgan fingerprint density at radius 2 is 1.97 bits per heavy atom. The summed E-state index contributed by atoms with van der Waals surface area (Å²) in [6, 6.07) is 10.9. The molecule has 0 unspecified atom stereocenters. The fourth-order valence-corrected chi connectivity index (χ4v) is 3.48. The first-order valence-corrected chi connectivity index (χ1v) is 9.92. The number of amides is 1. The van der Waals surface area contributed by atoms with Crippen molar-refractivity contribution in [3.05, 3.63) is 75.9 Å². The SMILES string of the molecule is Cc1noc(-c2cc3cc(-c4[nH]c(C(=O)NCc5ccc(=O)[nH]c5)nc4C)ccc3[nH]2)n1. The zero-order chi connectivity index (χ0) is 22.2. The number of aryl methyl sites for hydroxylation is 2. The van der Waals surface area contributed by atoms with Crippen molar-refractivity contribution in [2.24, 2.45) is 0 Å². The number of hydrogen-bond donors (Lipinski definition) is 4. The second-order valence-corrected chi connectivity index (χ2v) is 7.42. The van der Waals surface area contributed by atoms with Crippen molar-refractivity contribution >= 4 is 16.8 Å². The lowest BCUT2D eigenvalue weighted by Gasteiger charge is -2.03. The van der Waals surface area contributed by atoms with Crippen molar-refractivity contribution in [2.45, 2.75) is 20.4 Å². The Morgan fingerprint density at radius 3 is 2.72 bits per heavy atom. The molecule has 0 saturated carbocycles. The summed E-state index contributed by atoms with van der Waals surface area (Å²) in [7, 11) is 0. The molecule has 5 aromatic rings. The van der Waals surface area contributed by atoms with Gasteiger partial charge in [-0.15, -0.1) is 0 Å². The summed E-state index contributed by atoms with van der Waals surface area (Å²) in [4.78, 5) is 41.3. The van der Waals surface area contributed by atoms with E-state index < -0.39 is 0 Å². The summed E-state index contributed by atoms with van der Waals surface area (Å²) >= 11 is 0. The van der Waals surface area contributed by atoms with Gasteiger partial charge in [-0.05, 0) is 37.6 Å². The van der Waals surface area contributed by atoms with Gasteiger partial charge in [0, 0.05) is 35.3 Å². The number of fused-ring (bicyclic) bond motifs is 1. The van der Waals surface area contributed by atoms with E-state index in [1.165, 1.54) is 6.07 Å². The van der Waals surface area contributed by atoms with Crippen molar-refractivity contribution in [2.75, 3.05) is 0 Å². The van der Waals surface area contributed by atoms with E-state index in [9.17, 15) is 9.59 Å². The van der Waals surface area contributed by atoms with E-state index in [4.69, 9.17) is 4.52 Å². The summed E-state index contributed by atoms with van der Waals surface area (Å²) in [5.41, 5.74) is 4.63.